The van der Waals surface area contributed by atoms with Gasteiger partial charge in [0.2, 0.25) is 10.0 Å². The van der Waals surface area contributed by atoms with Crippen LogP contribution in [-0.4, -0.2) is 47.5 Å². The Labute approximate surface area is 210 Å². The lowest BCUT2D eigenvalue weighted by Gasteiger charge is -2.46. The number of para-hydroxylation sites is 1. The monoisotopic (exact) mass is 501 g/mol. The number of carboxylic acids is 1. The highest BCUT2D eigenvalue weighted by molar-refractivity contribution is 7.89. The van der Waals surface area contributed by atoms with Gasteiger partial charge in [0.1, 0.15) is 0 Å². The van der Waals surface area contributed by atoms with Crippen molar-refractivity contribution in [1.29, 1.82) is 0 Å². The van der Waals surface area contributed by atoms with Crippen molar-refractivity contribution in [3.63, 3.8) is 0 Å². The molecular formula is C28H27N3O4S. The number of nitrogens with zero attached hydrogens (tertiary/aromatic N) is 3. The van der Waals surface area contributed by atoms with Crippen LogP contribution in [0.5, 0.6) is 0 Å². The highest BCUT2D eigenvalue weighted by Gasteiger charge is 2.40. The van der Waals surface area contributed by atoms with E-state index in [9.17, 15) is 18.3 Å². The number of carbonyl (C=O) groups is 1. The zero-order valence-corrected chi connectivity index (χ0v) is 20.7. The predicted octanol–water partition coefficient (Wildman–Crippen LogP) is 4.56. The van der Waals surface area contributed by atoms with Crippen LogP contribution < -0.4 is 4.90 Å². The van der Waals surface area contributed by atoms with Gasteiger partial charge in [0, 0.05) is 32.0 Å². The Balaban J connectivity index is 1.47. The van der Waals surface area contributed by atoms with Gasteiger partial charge in [-0.1, -0.05) is 54.1 Å². The predicted molar refractivity (Wildman–Crippen MR) is 139 cm³/mol. The van der Waals surface area contributed by atoms with Gasteiger partial charge in [-0.25, -0.2) is 13.2 Å². The van der Waals surface area contributed by atoms with Gasteiger partial charge in [-0.2, -0.15) is 4.31 Å². The number of hydrogen-bond donors (Lipinski definition) is 1. The fourth-order valence-electron chi connectivity index (χ4n) is 4.57. The molecule has 1 N–H and O–H groups in total. The summed E-state index contributed by atoms with van der Waals surface area (Å²) in [5, 5.41) is 9.80. The molecule has 1 aliphatic heterocycles. The van der Waals surface area contributed by atoms with E-state index in [2.05, 4.69) is 0 Å². The van der Waals surface area contributed by atoms with Crippen molar-refractivity contribution in [3.05, 3.63) is 114 Å². The molecule has 1 fully saturated rings. The van der Waals surface area contributed by atoms with Gasteiger partial charge in [-0.15, -0.1) is 0 Å². The average molecular weight is 502 g/mol. The van der Waals surface area contributed by atoms with Crippen LogP contribution in [0.3, 0.4) is 0 Å². The molecule has 5 rings (SSSR count). The molecule has 184 valence electrons. The molecule has 2 heterocycles. The summed E-state index contributed by atoms with van der Waals surface area (Å²) in [5.41, 5.74) is 3.43. The lowest BCUT2D eigenvalue weighted by Crippen LogP contribution is -2.60. The standard InChI is InChI=1S/C28H27N3O4S/c1-21-12-14-24(15-13-21)36(34,35)31(18-22-8-3-2-4-9-22)23-19-30(20-23)26-11-7-10-25(28(32)33)27(26)29-16-5-6-17-29/h2-17,23H,18-20H2,1H3,(H,32,33). The Kier molecular flexibility index (Phi) is 6.38. The largest absolute Gasteiger partial charge is 0.478 e. The number of rotatable bonds is 8. The molecule has 8 heteroatoms. The Morgan fingerprint density at radius 1 is 0.917 bits per heavy atom. The van der Waals surface area contributed by atoms with E-state index in [0.29, 0.717) is 18.8 Å². The average Bonchev–Trinajstić information content (AvgIpc) is 3.38. The van der Waals surface area contributed by atoms with Gasteiger partial charge in [0.15, 0.2) is 0 Å². The molecule has 3 aromatic carbocycles. The zero-order chi connectivity index (χ0) is 25.3. The van der Waals surface area contributed by atoms with Gasteiger partial charge in [0.25, 0.3) is 0 Å². The first kappa shape index (κ1) is 23.8. The highest BCUT2D eigenvalue weighted by atomic mass is 32.2. The molecule has 1 saturated heterocycles. The van der Waals surface area contributed by atoms with Gasteiger partial charge >= 0.3 is 5.97 Å². The maximum absolute atomic E-state index is 13.7. The van der Waals surface area contributed by atoms with Crippen molar-refractivity contribution < 1.29 is 18.3 Å². The number of sulfonamides is 1. The minimum Gasteiger partial charge on any atom is -0.478 e. The second-order valence-corrected chi connectivity index (χ2v) is 10.9. The van der Waals surface area contributed by atoms with E-state index in [1.54, 1.807) is 45.3 Å². The van der Waals surface area contributed by atoms with Crippen molar-refractivity contribution in [1.82, 2.24) is 8.87 Å². The number of aryl methyl sites for hydroxylation is 1. The maximum atomic E-state index is 13.7. The van der Waals surface area contributed by atoms with Crippen molar-refractivity contribution in [2.75, 3.05) is 18.0 Å². The lowest BCUT2D eigenvalue weighted by atomic mass is 10.0. The molecule has 0 unspecified atom stereocenters. The second kappa shape index (κ2) is 9.64. The fraction of sp³-hybridized carbons (Fsp3) is 0.179. The van der Waals surface area contributed by atoms with E-state index in [-0.39, 0.29) is 23.0 Å². The number of hydrogen-bond acceptors (Lipinski definition) is 4. The molecule has 36 heavy (non-hydrogen) atoms. The number of carboxylic acid groups (broad SMARTS) is 1. The summed E-state index contributed by atoms with van der Waals surface area (Å²) in [4.78, 5) is 14.3. The van der Waals surface area contributed by atoms with Crippen LogP contribution in [0.2, 0.25) is 0 Å². The first-order chi connectivity index (χ1) is 17.3. The summed E-state index contributed by atoms with van der Waals surface area (Å²) in [6.45, 7) is 3.09. The van der Waals surface area contributed by atoms with Crippen LogP contribution >= 0.6 is 0 Å². The number of aromatic nitrogens is 1. The zero-order valence-electron chi connectivity index (χ0n) is 19.9. The third kappa shape index (κ3) is 4.53. The quantitative estimate of drug-likeness (QED) is 0.383. The van der Waals surface area contributed by atoms with E-state index in [1.165, 1.54) is 0 Å². The Morgan fingerprint density at radius 2 is 1.58 bits per heavy atom. The van der Waals surface area contributed by atoms with Gasteiger partial charge in [-0.05, 0) is 48.9 Å². The maximum Gasteiger partial charge on any atom is 0.337 e. The van der Waals surface area contributed by atoms with E-state index in [1.807, 2.05) is 72.7 Å². The summed E-state index contributed by atoms with van der Waals surface area (Å²) in [6.07, 6.45) is 3.62. The first-order valence-electron chi connectivity index (χ1n) is 11.7. The summed E-state index contributed by atoms with van der Waals surface area (Å²) < 4.78 is 30.9. The summed E-state index contributed by atoms with van der Waals surface area (Å²) in [5.74, 6) is -1.01. The number of aromatic carboxylic acids is 1. The molecule has 4 aromatic rings. The molecule has 0 atom stereocenters. The smallest absolute Gasteiger partial charge is 0.337 e. The van der Waals surface area contributed by atoms with Crippen molar-refractivity contribution >= 4 is 21.7 Å². The van der Waals surface area contributed by atoms with Crippen LogP contribution in [0.1, 0.15) is 21.5 Å². The van der Waals surface area contributed by atoms with Gasteiger partial charge in [-0.3, -0.25) is 0 Å². The van der Waals surface area contributed by atoms with Gasteiger partial charge < -0.3 is 14.6 Å². The minimum absolute atomic E-state index is 0.195. The van der Waals surface area contributed by atoms with Crippen molar-refractivity contribution in [3.8, 4) is 5.69 Å². The molecule has 1 aromatic heterocycles. The molecule has 7 nitrogen and oxygen atoms in total. The minimum atomic E-state index is -3.75. The number of anilines is 1. The second-order valence-electron chi connectivity index (χ2n) is 8.98. The third-order valence-electron chi connectivity index (χ3n) is 6.53. The van der Waals surface area contributed by atoms with E-state index in [0.717, 1.165) is 16.8 Å². The molecule has 0 radical (unpaired) electrons. The van der Waals surface area contributed by atoms with Crippen LogP contribution in [0.4, 0.5) is 5.69 Å². The van der Waals surface area contributed by atoms with E-state index >= 15 is 0 Å². The Hall–Kier alpha value is -3.88. The summed E-state index contributed by atoms with van der Waals surface area (Å²) >= 11 is 0. The number of benzene rings is 3. The topological polar surface area (TPSA) is 82.8 Å². The molecule has 0 bridgehead atoms. The van der Waals surface area contributed by atoms with Crippen LogP contribution in [-0.2, 0) is 16.6 Å². The van der Waals surface area contributed by atoms with Crippen LogP contribution in [0.15, 0.2) is 102 Å². The molecule has 0 aliphatic carbocycles. The van der Waals surface area contributed by atoms with Crippen LogP contribution in [0, 0.1) is 6.92 Å². The van der Waals surface area contributed by atoms with Crippen LogP contribution in [0.25, 0.3) is 5.69 Å². The van der Waals surface area contributed by atoms with Gasteiger partial charge in [0.05, 0.1) is 27.9 Å². The fourth-order valence-corrected chi connectivity index (χ4v) is 6.16. The molecule has 0 saturated carbocycles. The Morgan fingerprint density at radius 3 is 2.22 bits per heavy atom. The van der Waals surface area contributed by atoms with E-state index < -0.39 is 16.0 Å². The third-order valence-corrected chi connectivity index (χ3v) is 8.44. The highest BCUT2D eigenvalue weighted by Crippen LogP contribution is 2.34. The lowest BCUT2D eigenvalue weighted by molar-refractivity contribution is 0.0697. The normalized spacial score (nSPS) is 14.1. The van der Waals surface area contributed by atoms with Crippen molar-refractivity contribution in [2.24, 2.45) is 0 Å². The molecule has 0 spiro atoms. The van der Waals surface area contributed by atoms with Crippen molar-refractivity contribution in [2.45, 2.75) is 24.4 Å². The molecule has 0 amide bonds. The first-order valence-corrected chi connectivity index (χ1v) is 13.2. The molecule has 1 aliphatic rings. The van der Waals surface area contributed by atoms with E-state index in [4.69, 9.17) is 0 Å². The SMILES string of the molecule is Cc1ccc(S(=O)(=O)N(Cc2ccccc2)C2CN(c3cccc(C(=O)O)c3-n3cccc3)C2)cc1. The molecular weight excluding hydrogens is 474 g/mol. The Bertz CT molecular complexity index is 1460. The summed E-state index contributed by atoms with van der Waals surface area (Å²) in [7, 11) is -3.75. The summed E-state index contributed by atoms with van der Waals surface area (Å²) in [6, 6.07) is 25.1.